The minimum Gasteiger partial charge on any atom is -0.491 e. The van der Waals surface area contributed by atoms with E-state index < -0.39 is 10.0 Å². The lowest BCUT2D eigenvalue weighted by molar-refractivity contribution is 0.242. The first-order chi connectivity index (χ1) is 9.86. The molecule has 0 fully saturated rings. The van der Waals surface area contributed by atoms with Crippen LogP contribution in [0.5, 0.6) is 5.75 Å². The van der Waals surface area contributed by atoms with Crippen LogP contribution in [0.1, 0.15) is 13.8 Å². The molecule has 0 saturated heterocycles. The highest BCUT2D eigenvalue weighted by atomic mass is 32.2. The summed E-state index contributed by atoms with van der Waals surface area (Å²) in [5.41, 5.74) is 1.07. The van der Waals surface area contributed by atoms with Gasteiger partial charge in [0.2, 0.25) is 10.0 Å². The van der Waals surface area contributed by atoms with E-state index in [0.717, 1.165) is 0 Å². The number of benzene rings is 1. The third-order valence-electron chi connectivity index (χ3n) is 2.58. The Hall–Kier alpha value is -2.12. The molecule has 1 heterocycles. The van der Waals surface area contributed by atoms with Gasteiger partial charge >= 0.3 is 0 Å². The van der Waals surface area contributed by atoms with Crippen molar-refractivity contribution in [3.63, 3.8) is 0 Å². The van der Waals surface area contributed by atoms with Crippen molar-refractivity contribution in [3.8, 4) is 5.75 Å². The van der Waals surface area contributed by atoms with E-state index in [0.29, 0.717) is 17.1 Å². The molecule has 2 aromatic rings. The number of nitrogens with one attached hydrogen (secondary N) is 1. The Labute approximate surface area is 124 Å². The lowest BCUT2D eigenvalue weighted by atomic mass is 10.3. The zero-order chi connectivity index (χ0) is 15.5. The van der Waals surface area contributed by atoms with Crippen LogP contribution in [0.2, 0.25) is 0 Å². The summed E-state index contributed by atoms with van der Waals surface area (Å²) in [6.45, 7) is 3.87. The van der Waals surface area contributed by atoms with E-state index in [1.165, 1.54) is 12.4 Å². The maximum atomic E-state index is 11.5. The summed E-state index contributed by atoms with van der Waals surface area (Å²) < 4.78 is 28.7. The molecule has 0 amide bonds. The molecule has 6 nitrogen and oxygen atoms in total. The molecule has 0 saturated carbocycles. The number of sulfonamides is 1. The molecule has 21 heavy (non-hydrogen) atoms. The van der Waals surface area contributed by atoms with Crippen LogP contribution in [-0.4, -0.2) is 19.5 Å². The molecule has 0 aliphatic rings. The highest BCUT2D eigenvalue weighted by Crippen LogP contribution is 2.25. The maximum absolute atomic E-state index is 11.5. The van der Waals surface area contributed by atoms with Gasteiger partial charge in [0.15, 0.2) is 0 Å². The van der Waals surface area contributed by atoms with Crippen LogP contribution < -0.4 is 15.2 Å². The van der Waals surface area contributed by atoms with Crippen LogP contribution in [0.25, 0.3) is 0 Å². The van der Waals surface area contributed by atoms with E-state index in [9.17, 15) is 8.42 Å². The Bertz CT molecular complexity index is 730. The summed E-state index contributed by atoms with van der Waals surface area (Å²) in [6.07, 6.45) is 2.76. The molecule has 0 atom stereocenters. The number of pyridine rings is 1. The first-order valence-corrected chi connectivity index (χ1v) is 7.91. The van der Waals surface area contributed by atoms with Gasteiger partial charge in [-0.15, -0.1) is 0 Å². The van der Waals surface area contributed by atoms with Crippen molar-refractivity contribution >= 4 is 21.4 Å². The molecule has 2 rings (SSSR count). The fourth-order valence-corrected chi connectivity index (χ4v) is 2.42. The standard InChI is InChI=1S/C14H17N3O3S/c1-10(2)20-12-5-3-4-11(8-12)17-13-6-7-16-9-14(13)21(15,18)19/h3-10H,1-2H3,(H,16,17)(H2,15,18,19). The molecule has 3 N–H and O–H groups in total. The maximum Gasteiger partial charge on any atom is 0.241 e. The molecule has 0 spiro atoms. The van der Waals surface area contributed by atoms with Gasteiger partial charge in [0.1, 0.15) is 10.6 Å². The second-order valence-electron chi connectivity index (χ2n) is 4.74. The number of ether oxygens (including phenoxy) is 1. The first-order valence-electron chi connectivity index (χ1n) is 6.37. The molecule has 1 aromatic carbocycles. The lowest BCUT2D eigenvalue weighted by Crippen LogP contribution is -2.14. The van der Waals surface area contributed by atoms with Gasteiger partial charge < -0.3 is 10.1 Å². The average molecular weight is 307 g/mol. The van der Waals surface area contributed by atoms with Gasteiger partial charge in [0, 0.05) is 24.1 Å². The van der Waals surface area contributed by atoms with Crippen molar-refractivity contribution in [1.82, 2.24) is 4.98 Å². The fourth-order valence-electron chi connectivity index (χ4n) is 1.78. The smallest absolute Gasteiger partial charge is 0.241 e. The van der Waals surface area contributed by atoms with E-state index in [4.69, 9.17) is 9.88 Å². The largest absolute Gasteiger partial charge is 0.491 e. The Morgan fingerprint density at radius 2 is 2.05 bits per heavy atom. The molecular weight excluding hydrogens is 290 g/mol. The topological polar surface area (TPSA) is 94.3 Å². The second-order valence-corrected chi connectivity index (χ2v) is 6.27. The third kappa shape index (κ3) is 4.17. The number of hydrogen-bond acceptors (Lipinski definition) is 5. The van der Waals surface area contributed by atoms with Crippen LogP contribution in [0.15, 0.2) is 47.6 Å². The number of nitrogens with zero attached hydrogens (tertiary/aromatic N) is 1. The Balaban J connectivity index is 2.31. The number of aromatic nitrogens is 1. The number of primary sulfonamides is 1. The van der Waals surface area contributed by atoms with Crippen molar-refractivity contribution in [1.29, 1.82) is 0 Å². The van der Waals surface area contributed by atoms with Gasteiger partial charge in [-0.25, -0.2) is 13.6 Å². The van der Waals surface area contributed by atoms with E-state index in [1.54, 1.807) is 18.2 Å². The van der Waals surface area contributed by atoms with Gasteiger partial charge in [-0.05, 0) is 32.0 Å². The summed E-state index contributed by atoms with van der Waals surface area (Å²) in [5, 5.41) is 8.19. The van der Waals surface area contributed by atoms with Crippen molar-refractivity contribution in [2.75, 3.05) is 5.32 Å². The molecule has 7 heteroatoms. The van der Waals surface area contributed by atoms with Crippen molar-refractivity contribution in [3.05, 3.63) is 42.7 Å². The number of anilines is 2. The number of hydrogen-bond donors (Lipinski definition) is 2. The van der Waals surface area contributed by atoms with Crippen molar-refractivity contribution < 1.29 is 13.2 Å². The predicted octanol–water partition coefficient (Wildman–Crippen LogP) is 2.26. The molecule has 0 aliphatic heterocycles. The van der Waals surface area contributed by atoms with Crippen LogP contribution in [0, 0.1) is 0 Å². The molecule has 112 valence electrons. The Morgan fingerprint density at radius 1 is 1.29 bits per heavy atom. The van der Waals surface area contributed by atoms with Gasteiger partial charge in [-0.2, -0.15) is 0 Å². The minimum absolute atomic E-state index is 0.0554. The molecule has 0 unspecified atom stereocenters. The molecule has 0 bridgehead atoms. The van der Waals surface area contributed by atoms with Gasteiger partial charge in [-0.3, -0.25) is 4.98 Å². The Kier molecular flexibility index (Phi) is 4.44. The van der Waals surface area contributed by atoms with Crippen LogP contribution >= 0.6 is 0 Å². The van der Waals surface area contributed by atoms with E-state index in [2.05, 4.69) is 10.3 Å². The van der Waals surface area contributed by atoms with Crippen molar-refractivity contribution in [2.24, 2.45) is 5.14 Å². The SMILES string of the molecule is CC(C)Oc1cccc(Nc2ccncc2S(N)(=O)=O)c1. The summed E-state index contributed by atoms with van der Waals surface area (Å²) in [6, 6.07) is 8.79. The monoisotopic (exact) mass is 307 g/mol. The molecular formula is C14H17N3O3S. The van der Waals surface area contributed by atoms with Crippen molar-refractivity contribution in [2.45, 2.75) is 24.8 Å². The van der Waals surface area contributed by atoms with Crippen LogP contribution in [-0.2, 0) is 10.0 Å². The highest BCUT2D eigenvalue weighted by molar-refractivity contribution is 7.89. The third-order valence-corrected chi connectivity index (χ3v) is 3.51. The van der Waals surface area contributed by atoms with Crippen LogP contribution in [0.4, 0.5) is 11.4 Å². The van der Waals surface area contributed by atoms with Gasteiger partial charge in [0.25, 0.3) is 0 Å². The zero-order valence-corrected chi connectivity index (χ0v) is 12.6. The molecule has 1 aromatic heterocycles. The highest BCUT2D eigenvalue weighted by Gasteiger charge is 2.14. The van der Waals surface area contributed by atoms with E-state index >= 15 is 0 Å². The number of rotatable bonds is 5. The fraction of sp³-hybridized carbons (Fsp3) is 0.214. The summed E-state index contributed by atoms with van der Waals surface area (Å²) in [4.78, 5) is 3.73. The predicted molar refractivity (Wildman–Crippen MR) is 81.1 cm³/mol. The summed E-state index contributed by atoms with van der Waals surface area (Å²) in [7, 11) is -3.84. The quantitative estimate of drug-likeness (QED) is 0.883. The summed E-state index contributed by atoms with van der Waals surface area (Å²) in [5.74, 6) is 0.696. The average Bonchev–Trinajstić information content (AvgIpc) is 2.37. The van der Waals surface area contributed by atoms with Crippen LogP contribution in [0.3, 0.4) is 0 Å². The second kappa shape index (κ2) is 6.11. The first kappa shape index (κ1) is 15.3. The Morgan fingerprint density at radius 3 is 2.71 bits per heavy atom. The van der Waals surface area contributed by atoms with E-state index in [-0.39, 0.29) is 11.0 Å². The van der Waals surface area contributed by atoms with Gasteiger partial charge in [0.05, 0.1) is 11.8 Å². The number of nitrogens with two attached hydrogens (primary N) is 1. The minimum atomic E-state index is -3.84. The lowest BCUT2D eigenvalue weighted by Gasteiger charge is -2.13. The normalized spacial score (nSPS) is 11.4. The molecule has 0 radical (unpaired) electrons. The van der Waals surface area contributed by atoms with Gasteiger partial charge in [-0.1, -0.05) is 6.07 Å². The zero-order valence-electron chi connectivity index (χ0n) is 11.8. The van der Waals surface area contributed by atoms with E-state index in [1.807, 2.05) is 26.0 Å². The summed E-state index contributed by atoms with van der Waals surface area (Å²) >= 11 is 0. The molecule has 0 aliphatic carbocycles.